The van der Waals surface area contributed by atoms with Crippen molar-refractivity contribution in [1.82, 2.24) is 10.4 Å². The first-order chi connectivity index (χ1) is 7.00. The summed E-state index contributed by atoms with van der Waals surface area (Å²) in [6.45, 7) is 0.403. The molecule has 0 radical (unpaired) electrons. The van der Waals surface area contributed by atoms with Gasteiger partial charge in [0, 0.05) is 37.3 Å². The third kappa shape index (κ3) is 3.47. The van der Waals surface area contributed by atoms with Gasteiger partial charge >= 0.3 is 0 Å². The highest BCUT2D eigenvalue weighted by Crippen LogP contribution is 2.22. The largest absolute Gasteiger partial charge is 0.275 e. The molecule has 0 saturated carbocycles. The van der Waals surface area contributed by atoms with E-state index in [0.29, 0.717) is 17.1 Å². The lowest BCUT2D eigenvalue weighted by Crippen LogP contribution is -2.29. The molecule has 1 aromatic carbocycles. The topological polar surface area (TPSA) is 58.4 Å². The van der Waals surface area contributed by atoms with Crippen LogP contribution in [-0.2, 0) is 6.54 Å². The number of halogens is 1. The number of nitro groups is 1. The van der Waals surface area contributed by atoms with E-state index in [2.05, 4.69) is 5.43 Å². The third-order valence-corrected chi connectivity index (χ3v) is 2.06. The van der Waals surface area contributed by atoms with Gasteiger partial charge in [-0.2, -0.15) is 0 Å². The van der Waals surface area contributed by atoms with Gasteiger partial charge in [-0.3, -0.25) is 20.5 Å². The monoisotopic (exact) mass is 229 g/mol. The molecule has 0 amide bonds. The second-order valence-electron chi connectivity index (χ2n) is 3.26. The van der Waals surface area contributed by atoms with E-state index in [1.807, 2.05) is 14.1 Å². The molecular formula is C9H12ClN3O2. The van der Waals surface area contributed by atoms with Crippen LogP contribution >= 0.6 is 11.6 Å². The number of nitrogens with one attached hydrogen (secondary N) is 1. The summed E-state index contributed by atoms with van der Waals surface area (Å²) in [6, 6.07) is 4.65. The van der Waals surface area contributed by atoms with Gasteiger partial charge < -0.3 is 0 Å². The van der Waals surface area contributed by atoms with Gasteiger partial charge in [-0.1, -0.05) is 11.6 Å². The van der Waals surface area contributed by atoms with Crippen LogP contribution in [0.25, 0.3) is 0 Å². The average Bonchev–Trinajstić information content (AvgIpc) is 2.15. The lowest BCUT2D eigenvalue weighted by Gasteiger charge is -2.11. The quantitative estimate of drug-likeness (QED) is 0.632. The molecule has 1 N–H and O–H groups in total. The molecule has 0 aliphatic rings. The average molecular weight is 230 g/mol. The molecule has 0 atom stereocenters. The molecule has 0 unspecified atom stereocenters. The number of nitro benzene ring substituents is 1. The molecule has 0 bridgehead atoms. The molecule has 0 aliphatic heterocycles. The van der Waals surface area contributed by atoms with Gasteiger partial charge in [0.1, 0.15) is 0 Å². The number of hydrazine groups is 1. The minimum absolute atomic E-state index is 0.0388. The van der Waals surface area contributed by atoms with Crippen LogP contribution in [0, 0.1) is 10.1 Å². The zero-order valence-electron chi connectivity index (χ0n) is 8.53. The van der Waals surface area contributed by atoms with Crippen molar-refractivity contribution in [2.75, 3.05) is 14.1 Å². The molecule has 0 spiro atoms. The fourth-order valence-electron chi connectivity index (χ4n) is 1.10. The molecule has 0 fully saturated rings. The lowest BCUT2D eigenvalue weighted by molar-refractivity contribution is -0.385. The summed E-state index contributed by atoms with van der Waals surface area (Å²) in [4.78, 5) is 10.3. The van der Waals surface area contributed by atoms with Crippen LogP contribution in [0.15, 0.2) is 18.2 Å². The summed E-state index contributed by atoms with van der Waals surface area (Å²) < 4.78 is 0. The predicted octanol–water partition coefficient (Wildman–Crippen LogP) is 1.81. The maximum atomic E-state index is 10.7. The first kappa shape index (κ1) is 11.9. The van der Waals surface area contributed by atoms with Crippen molar-refractivity contribution in [2.24, 2.45) is 0 Å². The zero-order chi connectivity index (χ0) is 11.4. The molecule has 0 aromatic heterocycles. The van der Waals surface area contributed by atoms with Gasteiger partial charge in [0.15, 0.2) is 0 Å². The molecule has 1 rings (SSSR count). The lowest BCUT2D eigenvalue weighted by atomic mass is 10.2. The Morgan fingerprint density at radius 1 is 1.53 bits per heavy atom. The van der Waals surface area contributed by atoms with Crippen LogP contribution < -0.4 is 5.43 Å². The van der Waals surface area contributed by atoms with Gasteiger partial charge in [0.2, 0.25) is 0 Å². The Kier molecular flexibility index (Phi) is 4.02. The molecule has 82 valence electrons. The molecule has 0 saturated heterocycles. The Labute approximate surface area is 92.8 Å². The molecular weight excluding hydrogens is 218 g/mol. The SMILES string of the molecule is CN(C)NCc1ccc(Cl)cc1[N+](=O)[O-]. The number of hydrogen-bond donors (Lipinski definition) is 1. The Bertz CT molecular complexity index is 368. The Morgan fingerprint density at radius 3 is 2.73 bits per heavy atom. The Hall–Kier alpha value is -1.17. The van der Waals surface area contributed by atoms with Crippen LogP contribution in [0.3, 0.4) is 0 Å². The third-order valence-electron chi connectivity index (χ3n) is 1.83. The zero-order valence-corrected chi connectivity index (χ0v) is 9.28. The number of nitrogens with zero attached hydrogens (tertiary/aromatic N) is 2. The van der Waals surface area contributed by atoms with Crippen molar-refractivity contribution in [2.45, 2.75) is 6.54 Å². The second kappa shape index (κ2) is 5.06. The maximum absolute atomic E-state index is 10.7. The Balaban J connectivity index is 2.91. The fraction of sp³-hybridized carbons (Fsp3) is 0.333. The van der Waals surface area contributed by atoms with E-state index in [-0.39, 0.29) is 5.69 Å². The number of hydrogen-bond acceptors (Lipinski definition) is 4. The molecule has 15 heavy (non-hydrogen) atoms. The van der Waals surface area contributed by atoms with Crippen molar-refractivity contribution in [3.8, 4) is 0 Å². The van der Waals surface area contributed by atoms with E-state index in [1.165, 1.54) is 6.07 Å². The summed E-state index contributed by atoms with van der Waals surface area (Å²) in [5.74, 6) is 0. The van der Waals surface area contributed by atoms with Crippen LogP contribution in [0.2, 0.25) is 5.02 Å². The fourth-order valence-corrected chi connectivity index (χ4v) is 1.27. The van der Waals surface area contributed by atoms with E-state index >= 15 is 0 Å². The number of benzene rings is 1. The molecule has 1 aromatic rings. The van der Waals surface area contributed by atoms with E-state index in [9.17, 15) is 10.1 Å². The predicted molar refractivity (Wildman–Crippen MR) is 58.6 cm³/mol. The van der Waals surface area contributed by atoms with Crippen LogP contribution in [-0.4, -0.2) is 24.0 Å². The van der Waals surface area contributed by atoms with Crippen LogP contribution in [0.1, 0.15) is 5.56 Å². The number of rotatable bonds is 4. The molecule has 0 heterocycles. The van der Waals surface area contributed by atoms with Crippen LogP contribution in [0.4, 0.5) is 5.69 Å². The van der Waals surface area contributed by atoms with Gasteiger partial charge in [0.05, 0.1) is 4.92 Å². The second-order valence-corrected chi connectivity index (χ2v) is 3.70. The van der Waals surface area contributed by atoms with E-state index in [1.54, 1.807) is 17.1 Å². The summed E-state index contributed by atoms with van der Waals surface area (Å²) in [6.07, 6.45) is 0. The van der Waals surface area contributed by atoms with Gasteiger partial charge in [0.25, 0.3) is 5.69 Å². The molecule has 0 aliphatic carbocycles. The normalized spacial score (nSPS) is 10.7. The van der Waals surface area contributed by atoms with E-state index in [0.717, 1.165) is 0 Å². The van der Waals surface area contributed by atoms with Gasteiger partial charge in [-0.15, -0.1) is 0 Å². The van der Waals surface area contributed by atoms with E-state index in [4.69, 9.17) is 11.6 Å². The summed E-state index contributed by atoms with van der Waals surface area (Å²) in [7, 11) is 3.64. The van der Waals surface area contributed by atoms with Crippen molar-refractivity contribution in [1.29, 1.82) is 0 Å². The summed E-state index contributed by atoms with van der Waals surface area (Å²) in [5.41, 5.74) is 3.61. The first-order valence-electron chi connectivity index (χ1n) is 4.34. The standard InChI is InChI=1S/C9H12ClN3O2/c1-12(2)11-6-7-3-4-8(10)5-9(7)13(14)15/h3-5,11H,6H2,1-2H3. The first-order valence-corrected chi connectivity index (χ1v) is 4.72. The van der Waals surface area contributed by atoms with Gasteiger partial charge in [-0.25, -0.2) is 0 Å². The van der Waals surface area contributed by atoms with Crippen LogP contribution in [0.5, 0.6) is 0 Å². The van der Waals surface area contributed by atoms with Crippen molar-refractivity contribution >= 4 is 17.3 Å². The maximum Gasteiger partial charge on any atom is 0.275 e. The minimum Gasteiger partial charge on any atom is -0.258 e. The van der Waals surface area contributed by atoms with E-state index < -0.39 is 4.92 Å². The highest BCUT2D eigenvalue weighted by Gasteiger charge is 2.13. The smallest absolute Gasteiger partial charge is 0.258 e. The Morgan fingerprint density at radius 2 is 2.20 bits per heavy atom. The van der Waals surface area contributed by atoms with Gasteiger partial charge in [-0.05, 0) is 12.1 Å². The highest BCUT2D eigenvalue weighted by atomic mass is 35.5. The summed E-state index contributed by atoms with van der Waals surface area (Å²) in [5, 5.41) is 12.8. The molecule has 5 nitrogen and oxygen atoms in total. The van der Waals surface area contributed by atoms with Crippen molar-refractivity contribution < 1.29 is 4.92 Å². The van der Waals surface area contributed by atoms with Crippen molar-refractivity contribution in [3.05, 3.63) is 38.9 Å². The summed E-state index contributed by atoms with van der Waals surface area (Å²) >= 11 is 5.69. The minimum atomic E-state index is -0.432. The van der Waals surface area contributed by atoms with Crippen molar-refractivity contribution in [3.63, 3.8) is 0 Å². The molecule has 6 heteroatoms. The highest BCUT2D eigenvalue weighted by molar-refractivity contribution is 6.30.